The fourth-order valence-electron chi connectivity index (χ4n) is 1.76. The van der Waals surface area contributed by atoms with Gasteiger partial charge in [0, 0.05) is 19.1 Å². The van der Waals surface area contributed by atoms with Crippen LogP contribution in [0.3, 0.4) is 0 Å². The highest BCUT2D eigenvalue weighted by Crippen LogP contribution is 2.24. The number of aryl methyl sites for hydroxylation is 1. The Kier molecular flexibility index (Phi) is 4.74. The Bertz CT molecular complexity index is 566. The molecule has 0 saturated carbocycles. The van der Waals surface area contributed by atoms with Crippen molar-refractivity contribution >= 4 is 0 Å². The molecule has 0 amide bonds. The summed E-state index contributed by atoms with van der Waals surface area (Å²) >= 11 is 0. The maximum Gasteiger partial charge on any atom is 0.166 e. The fourth-order valence-corrected chi connectivity index (χ4v) is 1.76. The molecule has 1 aromatic heterocycles. The number of halogens is 1. The Labute approximate surface area is 118 Å². The van der Waals surface area contributed by atoms with E-state index in [1.54, 1.807) is 23.1 Å². The summed E-state index contributed by atoms with van der Waals surface area (Å²) in [6, 6.07) is 5.37. The maximum absolute atomic E-state index is 14.0. The molecule has 0 atom stereocenters. The Morgan fingerprint density at radius 3 is 2.80 bits per heavy atom. The minimum atomic E-state index is -0.364. The van der Waals surface area contributed by atoms with Crippen LogP contribution in [0.2, 0.25) is 0 Å². The van der Waals surface area contributed by atoms with Gasteiger partial charge in [-0.2, -0.15) is 5.10 Å². The molecule has 2 rings (SSSR count). The predicted molar refractivity (Wildman–Crippen MR) is 76.4 cm³/mol. The van der Waals surface area contributed by atoms with Crippen LogP contribution in [-0.2, 0) is 13.1 Å². The number of nitrogens with zero attached hydrogens (tertiary/aromatic N) is 2. The quantitative estimate of drug-likeness (QED) is 0.880. The summed E-state index contributed by atoms with van der Waals surface area (Å²) in [4.78, 5) is 0. The smallest absolute Gasteiger partial charge is 0.166 e. The van der Waals surface area contributed by atoms with Gasteiger partial charge in [0.1, 0.15) is 0 Å². The van der Waals surface area contributed by atoms with Gasteiger partial charge in [-0.05, 0) is 24.6 Å². The topological polar surface area (TPSA) is 39.1 Å². The number of aromatic nitrogens is 2. The lowest BCUT2D eigenvalue weighted by Gasteiger charge is -2.09. The van der Waals surface area contributed by atoms with Crippen LogP contribution in [-0.4, -0.2) is 15.8 Å². The zero-order valence-corrected chi connectivity index (χ0v) is 12.1. The van der Waals surface area contributed by atoms with Gasteiger partial charge in [-0.1, -0.05) is 19.9 Å². The molecule has 0 bridgehead atoms. The minimum absolute atomic E-state index is 0.217. The zero-order chi connectivity index (χ0) is 14.5. The first-order valence-electron chi connectivity index (χ1n) is 6.80. The van der Waals surface area contributed by atoms with Crippen molar-refractivity contribution in [2.75, 3.05) is 0 Å². The number of benzene rings is 1. The molecular formula is C15H20FN3O. The summed E-state index contributed by atoms with van der Waals surface area (Å²) in [6.45, 7) is 7.49. The van der Waals surface area contributed by atoms with E-state index in [9.17, 15) is 4.39 Å². The lowest BCUT2D eigenvalue weighted by molar-refractivity contribution is 0.440. The molecule has 1 aromatic carbocycles. The molecule has 0 unspecified atom stereocenters. The molecule has 0 radical (unpaired) electrons. The van der Waals surface area contributed by atoms with Crippen LogP contribution < -0.4 is 10.1 Å². The Balaban J connectivity index is 2.05. The predicted octanol–water partition coefficient (Wildman–Crippen LogP) is 3.33. The first kappa shape index (κ1) is 14.5. The lowest BCUT2D eigenvalue weighted by atomic mass is 10.2. The second kappa shape index (κ2) is 6.52. The van der Waals surface area contributed by atoms with E-state index in [2.05, 4.69) is 24.3 Å². The summed E-state index contributed by atoms with van der Waals surface area (Å²) < 4.78 is 21.2. The molecule has 1 N–H and O–H groups in total. The molecule has 0 aliphatic carbocycles. The van der Waals surface area contributed by atoms with Gasteiger partial charge >= 0.3 is 0 Å². The van der Waals surface area contributed by atoms with Gasteiger partial charge < -0.3 is 10.1 Å². The van der Waals surface area contributed by atoms with E-state index >= 15 is 0 Å². The van der Waals surface area contributed by atoms with E-state index in [1.807, 2.05) is 13.0 Å². The number of rotatable bonds is 6. The molecule has 2 aromatic rings. The highest BCUT2D eigenvalue weighted by molar-refractivity contribution is 5.33. The van der Waals surface area contributed by atoms with E-state index in [1.165, 1.54) is 6.07 Å². The van der Waals surface area contributed by atoms with Gasteiger partial charge in [0.25, 0.3) is 0 Å². The van der Waals surface area contributed by atoms with Crippen molar-refractivity contribution in [3.8, 4) is 11.5 Å². The van der Waals surface area contributed by atoms with Crippen molar-refractivity contribution in [2.24, 2.45) is 0 Å². The molecule has 0 spiro atoms. The van der Waals surface area contributed by atoms with E-state index in [0.29, 0.717) is 18.3 Å². The molecule has 1 heterocycles. The highest BCUT2D eigenvalue weighted by atomic mass is 19.1. The van der Waals surface area contributed by atoms with Crippen molar-refractivity contribution in [1.82, 2.24) is 15.1 Å². The second-order valence-corrected chi connectivity index (χ2v) is 4.93. The standard InChI is InChI=1S/C15H20FN3O/c1-4-19-10-13(9-18-19)20-15-6-5-12(7-14(15)16)8-17-11(2)3/h5-7,9-11,17H,4,8H2,1-3H3. The summed E-state index contributed by atoms with van der Waals surface area (Å²) in [5.74, 6) is 0.394. The van der Waals surface area contributed by atoms with Crippen LogP contribution >= 0.6 is 0 Å². The van der Waals surface area contributed by atoms with Crippen molar-refractivity contribution in [2.45, 2.75) is 39.9 Å². The van der Waals surface area contributed by atoms with E-state index in [0.717, 1.165) is 12.1 Å². The second-order valence-electron chi connectivity index (χ2n) is 4.93. The van der Waals surface area contributed by atoms with Crippen LogP contribution in [0, 0.1) is 5.82 Å². The van der Waals surface area contributed by atoms with Crippen LogP contribution in [0.25, 0.3) is 0 Å². The van der Waals surface area contributed by atoms with Crippen molar-refractivity contribution in [3.05, 3.63) is 42.0 Å². The van der Waals surface area contributed by atoms with Crippen molar-refractivity contribution in [1.29, 1.82) is 0 Å². The molecule has 108 valence electrons. The third-order valence-electron chi connectivity index (χ3n) is 2.87. The van der Waals surface area contributed by atoms with Gasteiger partial charge in [0.05, 0.1) is 12.4 Å². The Hall–Kier alpha value is -1.88. The van der Waals surface area contributed by atoms with Crippen molar-refractivity contribution in [3.63, 3.8) is 0 Å². The van der Waals surface area contributed by atoms with E-state index in [4.69, 9.17) is 4.74 Å². The summed E-state index contributed by atoms with van der Waals surface area (Å²) in [7, 11) is 0. The van der Waals surface area contributed by atoms with Gasteiger partial charge in [-0.15, -0.1) is 0 Å². The molecule has 20 heavy (non-hydrogen) atoms. The van der Waals surface area contributed by atoms with Crippen LogP contribution in [0.4, 0.5) is 4.39 Å². The van der Waals surface area contributed by atoms with Crippen LogP contribution in [0.1, 0.15) is 26.3 Å². The number of ether oxygens (including phenoxy) is 1. The van der Waals surface area contributed by atoms with Crippen LogP contribution in [0.15, 0.2) is 30.6 Å². The zero-order valence-electron chi connectivity index (χ0n) is 12.1. The van der Waals surface area contributed by atoms with Gasteiger partial charge in [-0.3, -0.25) is 4.68 Å². The average molecular weight is 277 g/mol. The molecule has 5 heteroatoms. The summed E-state index contributed by atoms with van der Waals surface area (Å²) in [5.41, 5.74) is 0.896. The number of hydrogen-bond acceptors (Lipinski definition) is 3. The monoisotopic (exact) mass is 277 g/mol. The fraction of sp³-hybridized carbons (Fsp3) is 0.400. The Morgan fingerprint density at radius 2 is 2.20 bits per heavy atom. The summed E-state index contributed by atoms with van der Waals surface area (Å²) in [6.07, 6.45) is 3.32. The van der Waals surface area contributed by atoms with Gasteiger partial charge in [-0.25, -0.2) is 4.39 Å². The molecule has 4 nitrogen and oxygen atoms in total. The highest BCUT2D eigenvalue weighted by Gasteiger charge is 2.08. The lowest BCUT2D eigenvalue weighted by Crippen LogP contribution is -2.21. The van der Waals surface area contributed by atoms with E-state index in [-0.39, 0.29) is 11.6 Å². The Morgan fingerprint density at radius 1 is 1.40 bits per heavy atom. The summed E-state index contributed by atoms with van der Waals surface area (Å²) in [5, 5.41) is 7.33. The van der Waals surface area contributed by atoms with E-state index < -0.39 is 0 Å². The third kappa shape index (κ3) is 3.81. The third-order valence-corrected chi connectivity index (χ3v) is 2.87. The molecular weight excluding hydrogens is 257 g/mol. The molecule has 0 fully saturated rings. The van der Waals surface area contributed by atoms with Crippen LogP contribution in [0.5, 0.6) is 11.5 Å². The minimum Gasteiger partial charge on any atom is -0.451 e. The number of hydrogen-bond donors (Lipinski definition) is 1. The largest absolute Gasteiger partial charge is 0.451 e. The van der Waals surface area contributed by atoms with Gasteiger partial charge in [0.15, 0.2) is 17.3 Å². The first-order valence-corrected chi connectivity index (χ1v) is 6.80. The van der Waals surface area contributed by atoms with Gasteiger partial charge in [0.2, 0.25) is 0 Å². The van der Waals surface area contributed by atoms with Crippen molar-refractivity contribution < 1.29 is 9.13 Å². The first-order chi connectivity index (χ1) is 9.58. The number of nitrogens with one attached hydrogen (secondary N) is 1. The maximum atomic E-state index is 14.0. The molecule has 0 aliphatic rings. The molecule has 0 aliphatic heterocycles. The normalized spacial score (nSPS) is 11.1. The molecule has 0 saturated heterocycles. The SMILES string of the molecule is CCn1cc(Oc2ccc(CNC(C)C)cc2F)cn1. The average Bonchev–Trinajstić information content (AvgIpc) is 2.87.